The van der Waals surface area contributed by atoms with Gasteiger partial charge in [-0.1, -0.05) is 18.2 Å². The van der Waals surface area contributed by atoms with Crippen molar-refractivity contribution in [3.63, 3.8) is 0 Å². The van der Waals surface area contributed by atoms with Gasteiger partial charge < -0.3 is 16.0 Å². The van der Waals surface area contributed by atoms with E-state index in [0.29, 0.717) is 16.1 Å². The van der Waals surface area contributed by atoms with E-state index in [1.54, 1.807) is 30.3 Å². The van der Waals surface area contributed by atoms with Gasteiger partial charge in [-0.15, -0.1) is 11.8 Å². The summed E-state index contributed by atoms with van der Waals surface area (Å²) in [4.78, 5) is 49.4. The monoisotopic (exact) mass is 638 g/mol. The highest BCUT2D eigenvalue weighted by atomic mass is 32.2. The van der Waals surface area contributed by atoms with Gasteiger partial charge in [0.1, 0.15) is 11.4 Å². The molecule has 4 rings (SSSR count). The molecule has 4 aromatic rings. The standard InChI is InChI=1S/C31H22F4N4O5S/c1-17(29(40)38-28-26(34)23(32)16-24(33)27(28)35)45-22-13-9-20(10-14-22)36-31(42)25(37-30(41)19-5-3-2-4-6-19)15-18-7-11-21(12-8-18)39(43)44/h2-17H,1H3,(H,36,42)(H,37,41)(H,38,40)/b25-15-. The summed E-state index contributed by atoms with van der Waals surface area (Å²) in [7, 11) is 0. The van der Waals surface area contributed by atoms with Crippen molar-refractivity contribution in [2.75, 3.05) is 10.6 Å². The molecule has 3 N–H and O–H groups in total. The highest BCUT2D eigenvalue weighted by molar-refractivity contribution is 8.00. The summed E-state index contributed by atoms with van der Waals surface area (Å²) in [5, 5.41) is 17.1. The smallest absolute Gasteiger partial charge is 0.272 e. The van der Waals surface area contributed by atoms with E-state index in [1.165, 1.54) is 61.5 Å². The number of rotatable bonds is 10. The van der Waals surface area contributed by atoms with Gasteiger partial charge in [0, 0.05) is 34.3 Å². The van der Waals surface area contributed by atoms with E-state index in [4.69, 9.17) is 0 Å². The molecule has 0 spiro atoms. The summed E-state index contributed by atoms with van der Waals surface area (Å²) >= 11 is 0.962. The molecule has 0 aliphatic rings. The topological polar surface area (TPSA) is 130 Å². The molecule has 0 radical (unpaired) electrons. The molecular formula is C31H22F4N4O5S. The van der Waals surface area contributed by atoms with Crippen LogP contribution >= 0.6 is 11.8 Å². The number of carbonyl (C=O) groups excluding carboxylic acids is 3. The molecule has 0 heterocycles. The summed E-state index contributed by atoms with van der Waals surface area (Å²) in [5.41, 5.74) is -0.566. The van der Waals surface area contributed by atoms with Crippen molar-refractivity contribution in [2.45, 2.75) is 17.1 Å². The molecule has 0 saturated heterocycles. The lowest BCUT2D eigenvalue weighted by atomic mass is 10.1. The third kappa shape index (κ3) is 8.32. The first-order valence-corrected chi connectivity index (χ1v) is 13.9. The molecule has 45 heavy (non-hydrogen) atoms. The van der Waals surface area contributed by atoms with Crippen molar-refractivity contribution >= 4 is 52.6 Å². The SMILES string of the molecule is CC(Sc1ccc(NC(=O)/C(=C/c2ccc([N+](=O)[O-])cc2)NC(=O)c2ccccc2)cc1)C(=O)Nc1c(F)c(F)cc(F)c1F. The van der Waals surface area contributed by atoms with Gasteiger partial charge >= 0.3 is 0 Å². The van der Waals surface area contributed by atoms with Gasteiger partial charge in [0.15, 0.2) is 23.3 Å². The Hall–Kier alpha value is -5.50. The Kier molecular flexibility index (Phi) is 10.3. The molecule has 1 atom stereocenters. The lowest BCUT2D eigenvalue weighted by molar-refractivity contribution is -0.384. The molecule has 9 nitrogen and oxygen atoms in total. The Morgan fingerprint density at radius 1 is 0.844 bits per heavy atom. The fourth-order valence-electron chi connectivity index (χ4n) is 3.78. The minimum Gasteiger partial charge on any atom is -0.321 e. The molecule has 0 aromatic heterocycles. The number of non-ortho nitro benzene ring substituents is 1. The van der Waals surface area contributed by atoms with Crippen LogP contribution in [0.2, 0.25) is 0 Å². The van der Waals surface area contributed by atoms with Crippen LogP contribution in [0.4, 0.5) is 34.6 Å². The van der Waals surface area contributed by atoms with Crippen molar-refractivity contribution in [3.8, 4) is 0 Å². The van der Waals surface area contributed by atoms with Crippen LogP contribution in [-0.4, -0.2) is 27.9 Å². The second kappa shape index (κ2) is 14.3. The molecule has 3 amide bonds. The normalized spacial score (nSPS) is 11.8. The number of hydrogen-bond donors (Lipinski definition) is 3. The first kappa shape index (κ1) is 32.4. The van der Waals surface area contributed by atoms with E-state index in [-0.39, 0.29) is 23.0 Å². The number of anilines is 2. The van der Waals surface area contributed by atoms with Crippen LogP contribution in [0.25, 0.3) is 6.08 Å². The molecule has 0 aliphatic heterocycles. The first-order chi connectivity index (χ1) is 21.4. The quantitative estimate of drug-likeness (QED) is 0.0444. The minimum absolute atomic E-state index is 0.0322. The van der Waals surface area contributed by atoms with E-state index in [0.717, 1.165) is 11.8 Å². The fraction of sp³-hybridized carbons (Fsp3) is 0.0645. The van der Waals surface area contributed by atoms with Gasteiger partial charge in [-0.2, -0.15) is 0 Å². The molecule has 0 saturated carbocycles. The maximum absolute atomic E-state index is 13.9. The Labute approximate surface area is 257 Å². The predicted octanol–water partition coefficient (Wildman–Crippen LogP) is 6.68. The van der Waals surface area contributed by atoms with Crippen LogP contribution in [0.1, 0.15) is 22.8 Å². The maximum atomic E-state index is 13.9. The fourth-order valence-corrected chi connectivity index (χ4v) is 4.65. The van der Waals surface area contributed by atoms with E-state index in [1.807, 2.05) is 5.32 Å². The van der Waals surface area contributed by atoms with Crippen LogP contribution in [0.5, 0.6) is 0 Å². The average Bonchev–Trinajstić information content (AvgIpc) is 3.03. The third-order valence-corrected chi connectivity index (χ3v) is 7.21. The van der Waals surface area contributed by atoms with Gasteiger partial charge in [0.2, 0.25) is 5.91 Å². The van der Waals surface area contributed by atoms with Crippen LogP contribution in [-0.2, 0) is 9.59 Å². The number of hydrogen-bond acceptors (Lipinski definition) is 6. The highest BCUT2D eigenvalue weighted by Gasteiger charge is 2.24. The van der Waals surface area contributed by atoms with E-state index in [2.05, 4.69) is 10.6 Å². The number of nitrogens with one attached hydrogen (secondary N) is 3. The number of amides is 3. The van der Waals surface area contributed by atoms with Crippen molar-refractivity contribution in [3.05, 3.63) is 135 Å². The Morgan fingerprint density at radius 2 is 1.44 bits per heavy atom. The highest BCUT2D eigenvalue weighted by Crippen LogP contribution is 2.28. The van der Waals surface area contributed by atoms with Crippen molar-refractivity contribution < 1.29 is 36.9 Å². The minimum atomic E-state index is -1.73. The second-order valence-electron chi connectivity index (χ2n) is 9.30. The van der Waals surface area contributed by atoms with E-state index in [9.17, 15) is 42.1 Å². The zero-order valence-electron chi connectivity index (χ0n) is 23.1. The molecule has 1 unspecified atom stereocenters. The van der Waals surface area contributed by atoms with Gasteiger partial charge in [-0.05, 0) is 67.1 Å². The lowest BCUT2D eigenvalue weighted by Crippen LogP contribution is -2.30. The molecule has 0 aliphatic carbocycles. The van der Waals surface area contributed by atoms with Crippen LogP contribution in [0.15, 0.2) is 95.5 Å². The molecular weight excluding hydrogens is 616 g/mol. The van der Waals surface area contributed by atoms with E-state index >= 15 is 0 Å². The van der Waals surface area contributed by atoms with Crippen molar-refractivity contribution in [1.29, 1.82) is 0 Å². The number of halogens is 4. The zero-order chi connectivity index (χ0) is 32.7. The van der Waals surface area contributed by atoms with Gasteiger partial charge in [0.05, 0.1) is 10.2 Å². The largest absolute Gasteiger partial charge is 0.321 e. The molecule has 4 aromatic carbocycles. The van der Waals surface area contributed by atoms with E-state index < -0.39 is 56.9 Å². The number of thioether (sulfide) groups is 1. The maximum Gasteiger partial charge on any atom is 0.272 e. The summed E-state index contributed by atoms with van der Waals surface area (Å²) in [6.07, 6.45) is 1.35. The first-order valence-electron chi connectivity index (χ1n) is 13.0. The molecule has 230 valence electrons. The predicted molar refractivity (Wildman–Crippen MR) is 160 cm³/mol. The number of carbonyl (C=O) groups is 3. The van der Waals surface area contributed by atoms with Crippen molar-refractivity contribution in [1.82, 2.24) is 5.32 Å². The molecule has 0 bridgehead atoms. The number of nitrogens with zero attached hydrogens (tertiary/aromatic N) is 1. The summed E-state index contributed by atoms with van der Waals surface area (Å²) in [5.74, 6) is -8.99. The van der Waals surface area contributed by atoms with Crippen LogP contribution < -0.4 is 16.0 Å². The lowest BCUT2D eigenvalue weighted by Gasteiger charge is -2.14. The molecule has 14 heteroatoms. The zero-order valence-corrected chi connectivity index (χ0v) is 24.0. The average molecular weight is 639 g/mol. The molecule has 0 fully saturated rings. The Balaban J connectivity index is 1.46. The number of benzene rings is 4. The van der Waals surface area contributed by atoms with Crippen molar-refractivity contribution in [2.24, 2.45) is 0 Å². The second-order valence-corrected chi connectivity index (χ2v) is 10.7. The summed E-state index contributed by atoms with van der Waals surface area (Å²) in [6.45, 7) is 1.41. The summed E-state index contributed by atoms with van der Waals surface area (Å²) in [6, 6.07) is 19.6. The number of nitro benzene ring substituents is 1. The van der Waals surface area contributed by atoms with Crippen LogP contribution in [0.3, 0.4) is 0 Å². The Morgan fingerprint density at radius 3 is 2.02 bits per heavy atom. The number of nitro groups is 1. The van der Waals surface area contributed by atoms with Gasteiger partial charge in [-0.3, -0.25) is 24.5 Å². The van der Waals surface area contributed by atoms with Gasteiger partial charge in [-0.25, -0.2) is 17.6 Å². The third-order valence-electron chi connectivity index (χ3n) is 6.10. The summed E-state index contributed by atoms with van der Waals surface area (Å²) < 4.78 is 54.8. The van der Waals surface area contributed by atoms with Gasteiger partial charge in [0.25, 0.3) is 17.5 Å². The van der Waals surface area contributed by atoms with Crippen LogP contribution in [0, 0.1) is 33.4 Å². The Bertz CT molecular complexity index is 1760.